The number of amides is 2. The van der Waals surface area contributed by atoms with Crippen LogP contribution in [0, 0.1) is 5.92 Å². The minimum Gasteiger partial charge on any atom is -0.493 e. The van der Waals surface area contributed by atoms with Gasteiger partial charge in [0.1, 0.15) is 0 Å². The van der Waals surface area contributed by atoms with Crippen LogP contribution >= 0.6 is 0 Å². The number of nitrogens with one attached hydrogen (secondary N) is 2. The summed E-state index contributed by atoms with van der Waals surface area (Å²) in [4.78, 5) is 23.9. The van der Waals surface area contributed by atoms with Crippen LogP contribution in [0.3, 0.4) is 0 Å². The first-order chi connectivity index (χ1) is 12.3. The molecule has 0 radical (unpaired) electrons. The van der Waals surface area contributed by atoms with Crippen molar-refractivity contribution in [1.82, 2.24) is 10.6 Å². The molecule has 2 atom stereocenters. The van der Waals surface area contributed by atoms with E-state index in [0.29, 0.717) is 18.1 Å². The topological polar surface area (TPSA) is 103 Å². The van der Waals surface area contributed by atoms with E-state index in [2.05, 4.69) is 10.6 Å². The number of nitrogens with two attached hydrogens (primary N) is 1. The van der Waals surface area contributed by atoms with Crippen LogP contribution in [0.5, 0.6) is 11.5 Å². The third-order valence-electron chi connectivity index (χ3n) is 3.97. The summed E-state index contributed by atoms with van der Waals surface area (Å²) >= 11 is 0. The van der Waals surface area contributed by atoms with E-state index < -0.39 is 6.04 Å². The lowest BCUT2D eigenvalue weighted by molar-refractivity contribution is -0.127. The van der Waals surface area contributed by atoms with Gasteiger partial charge in [0, 0.05) is 0 Å². The molecule has 0 saturated carbocycles. The molecule has 0 aliphatic carbocycles. The normalized spacial score (nSPS) is 13.0. The van der Waals surface area contributed by atoms with Gasteiger partial charge in [0.25, 0.3) is 0 Å². The highest BCUT2D eigenvalue weighted by Gasteiger charge is 2.18. The third-order valence-corrected chi connectivity index (χ3v) is 3.97. The largest absolute Gasteiger partial charge is 0.493 e. The first-order valence-electron chi connectivity index (χ1n) is 8.93. The molecule has 0 heterocycles. The Morgan fingerprint density at radius 3 is 2.46 bits per heavy atom. The first kappa shape index (κ1) is 21.8. The number of ether oxygens (including phenoxy) is 2. The van der Waals surface area contributed by atoms with Crippen LogP contribution in [-0.4, -0.2) is 38.1 Å². The van der Waals surface area contributed by atoms with Crippen molar-refractivity contribution < 1.29 is 19.1 Å². The number of carbonyl (C=O) groups excluding carboxylic acids is 2. The molecule has 1 unspecified atom stereocenters. The second-order valence-corrected chi connectivity index (χ2v) is 6.54. The zero-order chi connectivity index (χ0) is 19.7. The van der Waals surface area contributed by atoms with E-state index in [-0.39, 0.29) is 30.3 Å². The van der Waals surface area contributed by atoms with E-state index in [9.17, 15) is 9.59 Å². The van der Waals surface area contributed by atoms with Gasteiger partial charge in [-0.05, 0) is 37.0 Å². The van der Waals surface area contributed by atoms with E-state index in [1.165, 1.54) is 0 Å². The molecular formula is C19H31N3O4. The van der Waals surface area contributed by atoms with Crippen LogP contribution in [0.2, 0.25) is 0 Å². The molecule has 0 fully saturated rings. The summed E-state index contributed by atoms with van der Waals surface area (Å²) < 4.78 is 11.0. The minimum absolute atomic E-state index is 0.0119. The molecule has 2 amide bonds. The fraction of sp³-hybridized carbons (Fsp3) is 0.579. The van der Waals surface area contributed by atoms with Crippen LogP contribution in [-0.2, 0) is 9.59 Å². The molecule has 0 spiro atoms. The van der Waals surface area contributed by atoms with Gasteiger partial charge in [-0.15, -0.1) is 0 Å². The second kappa shape index (κ2) is 10.7. The maximum absolute atomic E-state index is 12.1. The van der Waals surface area contributed by atoms with Crippen molar-refractivity contribution in [2.75, 3.05) is 20.3 Å². The first-order valence-corrected chi connectivity index (χ1v) is 8.93. The number of carbonyl (C=O) groups is 2. The van der Waals surface area contributed by atoms with Crippen molar-refractivity contribution >= 4 is 11.8 Å². The lowest BCUT2D eigenvalue weighted by Gasteiger charge is -2.18. The number of rotatable bonds is 10. The summed E-state index contributed by atoms with van der Waals surface area (Å²) in [7, 11) is 1.58. The summed E-state index contributed by atoms with van der Waals surface area (Å²) in [5.41, 5.74) is 6.63. The predicted molar refractivity (Wildman–Crippen MR) is 101 cm³/mol. The van der Waals surface area contributed by atoms with Crippen LogP contribution in [0.1, 0.15) is 45.7 Å². The maximum Gasteiger partial charge on any atom is 0.239 e. The summed E-state index contributed by atoms with van der Waals surface area (Å²) in [6.45, 7) is 8.10. The monoisotopic (exact) mass is 365 g/mol. The third kappa shape index (κ3) is 6.55. The number of benzene rings is 1. The molecule has 7 nitrogen and oxygen atoms in total. The molecule has 0 saturated heterocycles. The van der Waals surface area contributed by atoms with Gasteiger partial charge >= 0.3 is 0 Å². The van der Waals surface area contributed by atoms with Gasteiger partial charge < -0.3 is 25.8 Å². The van der Waals surface area contributed by atoms with Crippen molar-refractivity contribution in [1.29, 1.82) is 0 Å². The molecular weight excluding hydrogens is 334 g/mol. The Morgan fingerprint density at radius 1 is 1.19 bits per heavy atom. The summed E-state index contributed by atoms with van der Waals surface area (Å²) in [6, 6.07) is 4.68. The Labute approximate surface area is 155 Å². The fourth-order valence-corrected chi connectivity index (χ4v) is 2.25. The van der Waals surface area contributed by atoms with Crippen molar-refractivity contribution in [3.8, 4) is 11.5 Å². The average Bonchev–Trinajstić information content (AvgIpc) is 2.63. The highest BCUT2D eigenvalue weighted by molar-refractivity contribution is 5.87. The molecule has 0 bridgehead atoms. The molecule has 146 valence electrons. The molecule has 7 heteroatoms. The molecule has 1 aromatic carbocycles. The van der Waals surface area contributed by atoms with Crippen molar-refractivity contribution in [2.45, 2.75) is 46.2 Å². The highest BCUT2D eigenvalue weighted by atomic mass is 16.5. The number of hydrogen-bond acceptors (Lipinski definition) is 5. The van der Waals surface area contributed by atoms with Crippen LogP contribution in [0.15, 0.2) is 18.2 Å². The minimum atomic E-state index is -0.625. The Bertz CT molecular complexity index is 604. The van der Waals surface area contributed by atoms with E-state index in [0.717, 1.165) is 12.0 Å². The van der Waals surface area contributed by atoms with Gasteiger partial charge in [-0.1, -0.05) is 26.8 Å². The van der Waals surface area contributed by atoms with Gasteiger partial charge in [0.2, 0.25) is 11.8 Å². The van der Waals surface area contributed by atoms with Crippen molar-refractivity contribution in [3.63, 3.8) is 0 Å². The zero-order valence-corrected chi connectivity index (χ0v) is 16.3. The van der Waals surface area contributed by atoms with Gasteiger partial charge in [-0.25, -0.2) is 0 Å². The number of hydrogen-bond donors (Lipinski definition) is 3. The lowest BCUT2D eigenvalue weighted by Crippen LogP contribution is -2.47. The molecule has 26 heavy (non-hydrogen) atoms. The quantitative estimate of drug-likeness (QED) is 0.586. The number of methoxy groups -OCH3 is 1. The summed E-state index contributed by atoms with van der Waals surface area (Å²) in [5, 5.41) is 5.40. The Balaban J connectivity index is 2.62. The van der Waals surface area contributed by atoms with Gasteiger partial charge in [0.05, 0.1) is 32.3 Å². The lowest BCUT2D eigenvalue weighted by atomic mass is 10.1. The summed E-state index contributed by atoms with van der Waals surface area (Å²) in [5.74, 6) is 0.687. The Hall–Kier alpha value is -2.28. The molecule has 0 aliphatic heterocycles. The van der Waals surface area contributed by atoms with Gasteiger partial charge in [-0.3, -0.25) is 9.59 Å². The van der Waals surface area contributed by atoms with Gasteiger partial charge in [0.15, 0.2) is 11.5 Å². The standard InChI is InChI=1S/C19H31N3O4/c1-6-9-26-15-8-7-14(10-16(15)25-5)13(4)22-17(23)11-21-19(24)18(20)12(2)3/h7-8,10,12-13,18H,6,9,11,20H2,1-5H3,(H,21,24)(H,22,23)/t13?,18-/m0/s1. The van der Waals surface area contributed by atoms with E-state index in [1.807, 2.05) is 45.9 Å². The van der Waals surface area contributed by atoms with Gasteiger partial charge in [-0.2, -0.15) is 0 Å². The highest BCUT2D eigenvalue weighted by Crippen LogP contribution is 2.30. The Morgan fingerprint density at radius 2 is 1.88 bits per heavy atom. The Kier molecular flexibility index (Phi) is 8.92. The average molecular weight is 365 g/mol. The molecule has 1 rings (SSSR count). The van der Waals surface area contributed by atoms with Crippen molar-refractivity contribution in [3.05, 3.63) is 23.8 Å². The molecule has 0 aliphatic rings. The molecule has 0 aromatic heterocycles. The SMILES string of the molecule is CCCOc1ccc(C(C)NC(=O)CNC(=O)[C@@H](N)C(C)C)cc1OC. The van der Waals surface area contributed by atoms with E-state index >= 15 is 0 Å². The molecule has 1 aromatic rings. The van der Waals surface area contributed by atoms with Crippen molar-refractivity contribution in [2.24, 2.45) is 11.7 Å². The zero-order valence-electron chi connectivity index (χ0n) is 16.3. The maximum atomic E-state index is 12.1. The second-order valence-electron chi connectivity index (χ2n) is 6.54. The summed E-state index contributed by atoms with van der Waals surface area (Å²) in [6.07, 6.45) is 0.906. The van der Waals surface area contributed by atoms with Crippen LogP contribution < -0.4 is 25.8 Å². The fourth-order valence-electron chi connectivity index (χ4n) is 2.25. The van der Waals surface area contributed by atoms with E-state index in [4.69, 9.17) is 15.2 Å². The molecule has 4 N–H and O–H groups in total. The van der Waals surface area contributed by atoms with Crippen LogP contribution in [0.25, 0.3) is 0 Å². The predicted octanol–water partition coefficient (Wildman–Crippen LogP) is 1.76. The smallest absolute Gasteiger partial charge is 0.239 e. The van der Waals surface area contributed by atoms with Crippen LogP contribution in [0.4, 0.5) is 0 Å². The van der Waals surface area contributed by atoms with E-state index in [1.54, 1.807) is 7.11 Å².